The fourth-order valence-corrected chi connectivity index (χ4v) is 6.18. The first-order valence-electron chi connectivity index (χ1n) is 11.5. The fourth-order valence-electron chi connectivity index (χ4n) is 5.31. The van der Waals surface area contributed by atoms with Gasteiger partial charge in [-0.1, -0.05) is 18.2 Å². The molecule has 1 aliphatic carbocycles. The molecule has 5 rings (SSSR count). The molecule has 0 amide bonds. The van der Waals surface area contributed by atoms with Gasteiger partial charge in [-0.2, -0.15) is 8.78 Å². The number of nitrogens with one attached hydrogen (secondary N) is 1. The van der Waals surface area contributed by atoms with Crippen LogP contribution in [0.25, 0.3) is 11.1 Å². The standard InChI is InChI=1S/C24H25F5N2O3S/c25-15-4-5-19(26)18(11-15)17-3-1-2-14(21(17)27)10-20-22(30-35(32,33)23(28)29)24(7-8-24)13-31(20)12-16-6-9-34-16/h1-5,11,16,20,22-23,30H,6-10,12-13H2/t16?,20-,22+/m0/s1. The van der Waals surface area contributed by atoms with Gasteiger partial charge >= 0.3 is 5.76 Å². The Morgan fingerprint density at radius 3 is 2.49 bits per heavy atom. The molecule has 1 N–H and O–H groups in total. The smallest absolute Gasteiger partial charge is 0.350 e. The molecular weight excluding hydrogens is 491 g/mol. The Labute approximate surface area is 200 Å². The summed E-state index contributed by atoms with van der Waals surface area (Å²) in [5.74, 6) is -5.85. The average Bonchev–Trinajstić information content (AvgIpc) is 3.50. The zero-order chi connectivity index (χ0) is 25.0. The molecule has 2 heterocycles. The number of nitrogens with zero attached hydrogens (tertiary/aromatic N) is 1. The maximum atomic E-state index is 15.6. The summed E-state index contributed by atoms with van der Waals surface area (Å²) < 4.78 is 102. The van der Waals surface area contributed by atoms with Gasteiger partial charge < -0.3 is 4.74 Å². The molecule has 190 valence electrons. The Balaban J connectivity index is 1.49. The number of halogens is 5. The largest absolute Gasteiger partial charge is 0.377 e. The van der Waals surface area contributed by atoms with Crippen LogP contribution in [0.1, 0.15) is 24.8 Å². The average molecular weight is 517 g/mol. The van der Waals surface area contributed by atoms with E-state index >= 15 is 4.39 Å². The van der Waals surface area contributed by atoms with Gasteiger partial charge in [-0.15, -0.1) is 0 Å². The molecule has 2 aliphatic heterocycles. The van der Waals surface area contributed by atoms with E-state index in [1.54, 1.807) is 0 Å². The first-order valence-corrected chi connectivity index (χ1v) is 13.0. The van der Waals surface area contributed by atoms with Crippen LogP contribution in [0.5, 0.6) is 0 Å². The van der Waals surface area contributed by atoms with Gasteiger partial charge in [0.1, 0.15) is 17.5 Å². The summed E-state index contributed by atoms with van der Waals surface area (Å²) in [6, 6.07) is 5.65. The normalized spacial score (nSPS) is 25.8. The van der Waals surface area contributed by atoms with E-state index < -0.39 is 50.7 Å². The number of sulfonamides is 1. The molecule has 0 bridgehead atoms. The maximum absolute atomic E-state index is 15.6. The lowest BCUT2D eigenvalue weighted by atomic mass is 9.91. The Hall–Kier alpha value is -2.08. The van der Waals surface area contributed by atoms with Crippen LogP contribution in [-0.2, 0) is 21.2 Å². The lowest BCUT2D eigenvalue weighted by molar-refractivity contribution is -0.0689. The first kappa shape index (κ1) is 24.6. The van der Waals surface area contributed by atoms with Crippen molar-refractivity contribution in [3.8, 4) is 11.1 Å². The van der Waals surface area contributed by atoms with Crippen LogP contribution >= 0.6 is 0 Å². The highest BCUT2D eigenvalue weighted by Gasteiger charge is 2.60. The number of alkyl halides is 2. The lowest BCUT2D eigenvalue weighted by Gasteiger charge is -2.35. The summed E-state index contributed by atoms with van der Waals surface area (Å²) in [4.78, 5) is 1.99. The van der Waals surface area contributed by atoms with Crippen molar-refractivity contribution in [2.45, 2.75) is 49.6 Å². The molecule has 3 atom stereocenters. The van der Waals surface area contributed by atoms with Gasteiger partial charge in [-0.3, -0.25) is 4.90 Å². The SMILES string of the molecule is O=S(=O)(N[C@@H]1[C@H](Cc2cccc(-c3cc(F)ccc3F)c2F)N(CC2CCO2)CC12CC2)C(F)F. The molecule has 1 saturated carbocycles. The van der Waals surface area contributed by atoms with Crippen molar-refractivity contribution in [3.63, 3.8) is 0 Å². The van der Waals surface area contributed by atoms with Crippen molar-refractivity contribution < 1.29 is 35.1 Å². The van der Waals surface area contributed by atoms with E-state index in [4.69, 9.17) is 4.74 Å². The molecule has 2 aromatic carbocycles. The van der Waals surface area contributed by atoms with Gasteiger partial charge in [-0.05, 0) is 49.4 Å². The second kappa shape index (κ2) is 9.10. The maximum Gasteiger partial charge on any atom is 0.350 e. The quantitative estimate of drug-likeness (QED) is 0.538. The minimum atomic E-state index is -4.88. The van der Waals surface area contributed by atoms with Crippen molar-refractivity contribution in [2.24, 2.45) is 5.41 Å². The van der Waals surface area contributed by atoms with Crippen molar-refractivity contribution in [3.05, 3.63) is 59.4 Å². The van der Waals surface area contributed by atoms with Crippen molar-refractivity contribution in [1.29, 1.82) is 0 Å². The summed E-state index contributed by atoms with van der Waals surface area (Å²) in [6.45, 7) is 1.57. The topological polar surface area (TPSA) is 58.6 Å². The third-order valence-electron chi connectivity index (χ3n) is 7.41. The number of rotatable bonds is 8. The minimum Gasteiger partial charge on any atom is -0.377 e. The third-order valence-corrected chi connectivity index (χ3v) is 8.46. The molecule has 35 heavy (non-hydrogen) atoms. The van der Waals surface area contributed by atoms with Gasteiger partial charge in [0.15, 0.2) is 0 Å². The second-order valence-corrected chi connectivity index (χ2v) is 11.3. The molecule has 1 unspecified atom stereocenters. The predicted octanol–water partition coefficient (Wildman–Crippen LogP) is 4.08. The van der Waals surface area contributed by atoms with Gasteiger partial charge in [0.05, 0.1) is 6.10 Å². The van der Waals surface area contributed by atoms with Crippen LogP contribution < -0.4 is 4.72 Å². The van der Waals surface area contributed by atoms with E-state index in [0.29, 0.717) is 32.5 Å². The number of hydrogen-bond donors (Lipinski definition) is 1. The molecule has 0 radical (unpaired) electrons. The number of benzene rings is 2. The molecule has 0 aromatic heterocycles. The molecule has 3 fully saturated rings. The molecule has 1 spiro atoms. The van der Waals surface area contributed by atoms with E-state index in [1.807, 2.05) is 4.90 Å². The van der Waals surface area contributed by atoms with Crippen molar-refractivity contribution in [2.75, 3.05) is 19.7 Å². The zero-order valence-corrected chi connectivity index (χ0v) is 19.5. The predicted molar refractivity (Wildman–Crippen MR) is 119 cm³/mol. The van der Waals surface area contributed by atoms with Gasteiger partial charge in [0, 0.05) is 48.3 Å². The van der Waals surface area contributed by atoms with E-state index in [0.717, 1.165) is 24.6 Å². The van der Waals surface area contributed by atoms with Crippen LogP contribution in [-0.4, -0.2) is 57.0 Å². The highest BCUT2D eigenvalue weighted by molar-refractivity contribution is 7.89. The van der Waals surface area contributed by atoms with E-state index in [9.17, 15) is 26.0 Å². The molecular formula is C24H25F5N2O3S. The highest BCUT2D eigenvalue weighted by Crippen LogP contribution is 2.56. The van der Waals surface area contributed by atoms with Crippen molar-refractivity contribution >= 4 is 10.0 Å². The molecule has 2 saturated heterocycles. The molecule has 11 heteroatoms. The lowest BCUT2D eigenvalue weighted by Crippen LogP contribution is -2.51. The summed E-state index contributed by atoms with van der Waals surface area (Å²) in [6.07, 6.45) is 2.10. The molecule has 3 aliphatic rings. The highest BCUT2D eigenvalue weighted by atomic mass is 32.2. The van der Waals surface area contributed by atoms with E-state index in [1.165, 1.54) is 18.2 Å². The number of ether oxygens (including phenoxy) is 1. The van der Waals surface area contributed by atoms with Crippen LogP contribution in [0.4, 0.5) is 22.0 Å². The number of hydrogen-bond acceptors (Lipinski definition) is 4. The Bertz CT molecular complexity index is 1220. The summed E-state index contributed by atoms with van der Waals surface area (Å²) in [7, 11) is -4.88. The van der Waals surface area contributed by atoms with Crippen LogP contribution in [0.3, 0.4) is 0 Å². The summed E-state index contributed by atoms with van der Waals surface area (Å²) in [5, 5.41) is 0. The minimum absolute atomic E-state index is 0.00149. The Kier molecular flexibility index (Phi) is 6.40. The molecule has 5 nitrogen and oxygen atoms in total. The van der Waals surface area contributed by atoms with E-state index in [2.05, 4.69) is 4.72 Å². The van der Waals surface area contributed by atoms with Crippen LogP contribution in [0.2, 0.25) is 0 Å². The number of likely N-dealkylation sites (tertiary alicyclic amines) is 1. The Morgan fingerprint density at radius 1 is 1.11 bits per heavy atom. The summed E-state index contributed by atoms with van der Waals surface area (Å²) >= 11 is 0. The Morgan fingerprint density at radius 2 is 1.86 bits per heavy atom. The fraction of sp³-hybridized carbons (Fsp3) is 0.500. The van der Waals surface area contributed by atoms with Crippen LogP contribution in [0, 0.1) is 22.9 Å². The van der Waals surface area contributed by atoms with Crippen LogP contribution in [0.15, 0.2) is 36.4 Å². The van der Waals surface area contributed by atoms with Gasteiger partial charge in [0.2, 0.25) is 0 Å². The second-order valence-electron chi connectivity index (χ2n) is 9.65. The van der Waals surface area contributed by atoms with Crippen molar-refractivity contribution in [1.82, 2.24) is 9.62 Å². The third kappa shape index (κ3) is 4.71. The monoisotopic (exact) mass is 516 g/mol. The first-order chi connectivity index (χ1) is 16.6. The summed E-state index contributed by atoms with van der Waals surface area (Å²) in [5.41, 5.74) is -0.699. The van der Waals surface area contributed by atoms with Gasteiger partial charge in [-0.25, -0.2) is 26.3 Å². The zero-order valence-electron chi connectivity index (χ0n) is 18.7. The van der Waals surface area contributed by atoms with Gasteiger partial charge in [0.25, 0.3) is 10.0 Å². The van der Waals surface area contributed by atoms with E-state index in [-0.39, 0.29) is 29.2 Å². The molecule has 2 aromatic rings.